The van der Waals surface area contributed by atoms with Gasteiger partial charge in [-0.05, 0) is 25.7 Å². The van der Waals surface area contributed by atoms with E-state index in [-0.39, 0.29) is 11.9 Å². The van der Waals surface area contributed by atoms with Gasteiger partial charge >= 0.3 is 0 Å². The van der Waals surface area contributed by atoms with Crippen LogP contribution < -0.4 is 5.32 Å². The first-order valence-corrected chi connectivity index (χ1v) is 10.8. The Hall–Kier alpha value is -1.78. The summed E-state index contributed by atoms with van der Waals surface area (Å²) in [5.74, 6) is 1.06. The number of nitrogens with zero attached hydrogens (tertiary/aromatic N) is 5. The summed E-state index contributed by atoms with van der Waals surface area (Å²) in [6, 6.07) is 1.42. The minimum Gasteiger partial charge on any atom is -0.373 e. The maximum atomic E-state index is 13.1. The van der Waals surface area contributed by atoms with Gasteiger partial charge in [-0.3, -0.25) is 4.79 Å². The third-order valence-corrected chi connectivity index (χ3v) is 7.23. The molecule has 0 saturated carbocycles. The van der Waals surface area contributed by atoms with E-state index in [1.807, 2.05) is 0 Å². The predicted molar refractivity (Wildman–Crippen MR) is 102 cm³/mol. The lowest BCUT2D eigenvalue weighted by Crippen LogP contribution is -2.42. The number of hydrogen-bond donors (Lipinski definition) is 1. The van der Waals surface area contributed by atoms with Crippen molar-refractivity contribution in [3.63, 3.8) is 0 Å². The third kappa shape index (κ3) is 4.22. The highest BCUT2D eigenvalue weighted by Gasteiger charge is 2.41. The fraction of sp³-hybridized carbons (Fsp3) is 0.706. The molecule has 1 aromatic rings. The van der Waals surface area contributed by atoms with Crippen LogP contribution in [0.3, 0.4) is 0 Å². The summed E-state index contributed by atoms with van der Waals surface area (Å²) in [5, 5.41) is 3.01. The van der Waals surface area contributed by atoms with Crippen LogP contribution in [-0.2, 0) is 21.5 Å². The second kappa shape index (κ2) is 8.07. The number of rotatable bonds is 6. The number of anilines is 1. The molecule has 0 aliphatic carbocycles. The molecule has 0 spiro atoms. The van der Waals surface area contributed by atoms with Gasteiger partial charge in [0.15, 0.2) is 0 Å². The molecular formula is C17H28N6O3S. The van der Waals surface area contributed by atoms with Gasteiger partial charge in [0, 0.05) is 46.7 Å². The van der Waals surface area contributed by atoms with Gasteiger partial charge in [0.2, 0.25) is 5.91 Å². The minimum atomic E-state index is -3.50. The van der Waals surface area contributed by atoms with E-state index in [1.165, 1.54) is 6.92 Å². The average Bonchev–Trinajstić information content (AvgIpc) is 3.33. The van der Waals surface area contributed by atoms with E-state index in [0.717, 1.165) is 19.3 Å². The van der Waals surface area contributed by atoms with E-state index in [0.29, 0.717) is 49.9 Å². The van der Waals surface area contributed by atoms with E-state index < -0.39 is 10.2 Å². The van der Waals surface area contributed by atoms with Crippen molar-refractivity contribution in [1.29, 1.82) is 0 Å². The number of aromatic nitrogens is 2. The standard InChI is InChI=1S/C17H28N6O3S/c1-13(24)21(3)12-14-11-16(18-2)20-17(19-14)15-7-6-10-23(15)27(25,26)22-8-4-5-9-22/h11,15H,4-10,12H2,1-3H3,(H,18,19,20)/t15-/m1/s1. The van der Waals surface area contributed by atoms with E-state index in [2.05, 4.69) is 15.3 Å². The van der Waals surface area contributed by atoms with Crippen LogP contribution in [-0.4, -0.2) is 71.5 Å². The molecule has 2 aliphatic heterocycles. The zero-order valence-electron chi connectivity index (χ0n) is 16.2. The van der Waals surface area contributed by atoms with Gasteiger partial charge in [-0.15, -0.1) is 0 Å². The van der Waals surface area contributed by atoms with Crippen molar-refractivity contribution in [2.45, 2.75) is 45.2 Å². The quantitative estimate of drug-likeness (QED) is 0.769. The second-order valence-electron chi connectivity index (χ2n) is 7.11. The van der Waals surface area contributed by atoms with E-state index in [1.54, 1.807) is 33.7 Å². The largest absolute Gasteiger partial charge is 0.373 e. The zero-order valence-corrected chi connectivity index (χ0v) is 17.0. The van der Waals surface area contributed by atoms with Crippen molar-refractivity contribution >= 4 is 21.9 Å². The number of nitrogens with one attached hydrogen (secondary N) is 1. The molecular weight excluding hydrogens is 368 g/mol. The Balaban J connectivity index is 1.90. The molecule has 9 nitrogen and oxygen atoms in total. The highest BCUT2D eigenvalue weighted by Crippen LogP contribution is 2.35. The molecule has 2 fully saturated rings. The van der Waals surface area contributed by atoms with Crippen molar-refractivity contribution in [3.8, 4) is 0 Å². The van der Waals surface area contributed by atoms with Crippen molar-refractivity contribution in [2.24, 2.45) is 0 Å². The van der Waals surface area contributed by atoms with Crippen molar-refractivity contribution in [2.75, 3.05) is 39.0 Å². The summed E-state index contributed by atoms with van der Waals surface area (Å²) >= 11 is 0. The van der Waals surface area contributed by atoms with Crippen molar-refractivity contribution in [3.05, 3.63) is 17.6 Å². The summed E-state index contributed by atoms with van der Waals surface area (Å²) < 4.78 is 29.2. The molecule has 2 saturated heterocycles. The highest BCUT2D eigenvalue weighted by atomic mass is 32.2. The molecule has 1 amide bonds. The van der Waals surface area contributed by atoms with E-state index in [4.69, 9.17) is 0 Å². The van der Waals surface area contributed by atoms with E-state index in [9.17, 15) is 13.2 Å². The molecule has 3 rings (SSSR count). The van der Waals surface area contributed by atoms with Gasteiger partial charge in [-0.1, -0.05) is 0 Å². The highest BCUT2D eigenvalue weighted by molar-refractivity contribution is 7.86. The topological polar surface area (TPSA) is 98.7 Å². The van der Waals surface area contributed by atoms with Crippen LogP contribution >= 0.6 is 0 Å². The molecule has 0 radical (unpaired) electrons. The van der Waals surface area contributed by atoms with Crippen LogP contribution in [0.1, 0.15) is 50.2 Å². The second-order valence-corrected chi connectivity index (χ2v) is 8.99. The van der Waals surface area contributed by atoms with Gasteiger partial charge in [0.25, 0.3) is 10.2 Å². The summed E-state index contributed by atoms with van der Waals surface area (Å²) in [5.41, 5.74) is 0.687. The van der Waals surface area contributed by atoms with Crippen LogP contribution in [0, 0.1) is 0 Å². The van der Waals surface area contributed by atoms with Crippen LogP contribution in [0.4, 0.5) is 5.82 Å². The third-order valence-electron chi connectivity index (χ3n) is 5.18. The van der Waals surface area contributed by atoms with Gasteiger partial charge in [-0.25, -0.2) is 9.97 Å². The summed E-state index contributed by atoms with van der Waals surface area (Å²) in [7, 11) is -0.0299. The van der Waals surface area contributed by atoms with Crippen LogP contribution in [0.2, 0.25) is 0 Å². The first-order chi connectivity index (χ1) is 12.8. The lowest BCUT2D eigenvalue weighted by atomic mass is 10.2. The maximum absolute atomic E-state index is 13.1. The summed E-state index contributed by atoms with van der Waals surface area (Å²) in [4.78, 5) is 22.2. The summed E-state index contributed by atoms with van der Waals surface area (Å²) in [6.07, 6.45) is 3.30. The Bertz CT molecular complexity index is 794. The number of carbonyl (C=O) groups excluding carboxylic acids is 1. The Morgan fingerprint density at radius 2 is 1.96 bits per heavy atom. The van der Waals surface area contributed by atoms with Gasteiger partial charge < -0.3 is 10.2 Å². The molecule has 1 N–H and O–H groups in total. The van der Waals surface area contributed by atoms with Crippen LogP contribution in [0.5, 0.6) is 0 Å². The Morgan fingerprint density at radius 3 is 2.59 bits per heavy atom. The van der Waals surface area contributed by atoms with Crippen LogP contribution in [0.25, 0.3) is 0 Å². The zero-order chi connectivity index (χ0) is 19.6. The Kier molecular flexibility index (Phi) is 5.97. The molecule has 3 heterocycles. The Morgan fingerprint density at radius 1 is 1.26 bits per heavy atom. The SMILES string of the molecule is CNc1cc(CN(C)C(C)=O)nc([C@H]2CCCN2S(=O)(=O)N2CCCC2)n1. The van der Waals surface area contributed by atoms with Gasteiger partial charge in [0.05, 0.1) is 18.3 Å². The van der Waals surface area contributed by atoms with Crippen LogP contribution in [0.15, 0.2) is 6.07 Å². The molecule has 10 heteroatoms. The van der Waals surface area contributed by atoms with Crippen molar-refractivity contribution < 1.29 is 13.2 Å². The van der Waals surface area contributed by atoms with Crippen molar-refractivity contribution in [1.82, 2.24) is 23.5 Å². The van der Waals surface area contributed by atoms with Gasteiger partial charge in [-0.2, -0.15) is 17.0 Å². The molecule has 1 atom stereocenters. The molecule has 0 aromatic carbocycles. The Labute approximate surface area is 160 Å². The molecule has 0 unspecified atom stereocenters. The molecule has 27 heavy (non-hydrogen) atoms. The summed E-state index contributed by atoms with van der Waals surface area (Å²) in [6.45, 7) is 3.50. The lowest BCUT2D eigenvalue weighted by molar-refractivity contribution is -0.128. The predicted octanol–water partition coefficient (Wildman–Crippen LogP) is 0.974. The lowest BCUT2D eigenvalue weighted by Gasteiger charge is -2.28. The fourth-order valence-corrected chi connectivity index (χ4v) is 5.47. The monoisotopic (exact) mass is 396 g/mol. The number of hydrogen-bond acceptors (Lipinski definition) is 6. The number of carbonyl (C=O) groups is 1. The first-order valence-electron chi connectivity index (χ1n) is 9.37. The average molecular weight is 397 g/mol. The normalized spacial score (nSPS) is 21.5. The smallest absolute Gasteiger partial charge is 0.282 e. The molecule has 2 aliphatic rings. The maximum Gasteiger partial charge on any atom is 0.282 e. The van der Waals surface area contributed by atoms with E-state index >= 15 is 0 Å². The van der Waals surface area contributed by atoms with Gasteiger partial charge in [0.1, 0.15) is 11.6 Å². The first kappa shape index (κ1) is 20.0. The minimum absolute atomic E-state index is 0.0553. The fourth-order valence-electron chi connectivity index (χ4n) is 3.57. The molecule has 0 bridgehead atoms. The molecule has 150 valence electrons. The molecule has 1 aromatic heterocycles. The number of amides is 1.